The van der Waals surface area contributed by atoms with Crippen molar-refractivity contribution in [2.75, 3.05) is 0 Å². The summed E-state index contributed by atoms with van der Waals surface area (Å²) < 4.78 is 71.6. The van der Waals surface area contributed by atoms with Crippen molar-refractivity contribution in [1.29, 1.82) is 0 Å². The molecule has 3 aliphatic carbocycles. The molecule has 0 aromatic heterocycles. The van der Waals surface area contributed by atoms with Crippen LogP contribution in [-0.2, 0) is 0 Å². The van der Waals surface area contributed by atoms with E-state index in [-0.39, 0.29) is 23.1 Å². The van der Waals surface area contributed by atoms with Crippen molar-refractivity contribution in [3.63, 3.8) is 0 Å². The molecule has 0 spiro atoms. The van der Waals surface area contributed by atoms with E-state index in [0.717, 1.165) is 48.6 Å². The van der Waals surface area contributed by atoms with Gasteiger partial charge in [-0.3, -0.25) is 0 Å². The number of ether oxygens (including phenoxy) is 1. The average Bonchev–Trinajstić information content (AvgIpc) is 2.89. The minimum Gasteiger partial charge on any atom is -0.406 e. The molecular formula is C31H35F5O. The summed E-state index contributed by atoms with van der Waals surface area (Å²) >= 11 is 0. The highest BCUT2D eigenvalue weighted by Gasteiger charge is 2.32. The van der Waals surface area contributed by atoms with Crippen LogP contribution in [0.15, 0.2) is 42.5 Å². The van der Waals surface area contributed by atoms with Crippen LogP contribution in [0.3, 0.4) is 0 Å². The fourth-order valence-electron chi connectivity index (χ4n) is 6.97. The highest BCUT2D eigenvalue weighted by Crippen LogP contribution is 2.44. The molecule has 3 aliphatic rings. The fourth-order valence-corrected chi connectivity index (χ4v) is 6.97. The lowest BCUT2D eigenvalue weighted by molar-refractivity contribution is -0.274. The Morgan fingerprint density at radius 1 is 0.676 bits per heavy atom. The van der Waals surface area contributed by atoms with Crippen molar-refractivity contribution >= 4 is 5.57 Å². The summed E-state index contributed by atoms with van der Waals surface area (Å²) in [6, 6.07) is 8.98. The molecule has 2 fully saturated rings. The van der Waals surface area contributed by atoms with Gasteiger partial charge in [-0.1, -0.05) is 50.3 Å². The fraction of sp³-hybridized carbons (Fsp3) is 0.548. The molecule has 6 heteroatoms. The number of rotatable bonds is 5. The first-order valence-corrected chi connectivity index (χ1v) is 13.8. The summed E-state index contributed by atoms with van der Waals surface area (Å²) in [5.41, 5.74) is 2.43. The van der Waals surface area contributed by atoms with E-state index in [1.54, 1.807) is 24.3 Å². The molecule has 2 aromatic carbocycles. The zero-order valence-electron chi connectivity index (χ0n) is 21.1. The molecule has 5 rings (SSSR count). The Labute approximate surface area is 216 Å². The first kappa shape index (κ1) is 26.2. The van der Waals surface area contributed by atoms with Crippen molar-refractivity contribution in [3.05, 3.63) is 70.8 Å². The predicted molar refractivity (Wildman–Crippen MR) is 135 cm³/mol. The SMILES string of the molecule is Fc1cc(C2CCC(C3CCCCC3)CC2)cc(F)c1C1=CCC(c2ccc(OC(F)(F)F)cc2)CC1. The molecule has 0 aliphatic heterocycles. The first-order chi connectivity index (χ1) is 17.8. The summed E-state index contributed by atoms with van der Waals surface area (Å²) in [7, 11) is 0. The highest BCUT2D eigenvalue weighted by atomic mass is 19.4. The van der Waals surface area contributed by atoms with Gasteiger partial charge in [0, 0.05) is 5.56 Å². The second kappa shape index (κ2) is 11.2. The van der Waals surface area contributed by atoms with Gasteiger partial charge in [0.25, 0.3) is 0 Å². The Hall–Kier alpha value is -2.37. The van der Waals surface area contributed by atoms with Gasteiger partial charge in [-0.2, -0.15) is 0 Å². The monoisotopic (exact) mass is 518 g/mol. The molecule has 0 radical (unpaired) electrons. The summed E-state index contributed by atoms with van der Waals surface area (Å²) in [4.78, 5) is 0. The summed E-state index contributed by atoms with van der Waals surface area (Å²) in [5, 5.41) is 0. The Morgan fingerprint density at radius 3 is 1.86 bits per heavy atom. The van der Waals surface area contributed by atoms with Gasteiger partial charge in [0.1, 0.15) is 17.4 Å². The molecule has 1 nitrogen and oxygen atoms in total. The van der Waals surface area contributed by atoms with E-state index in [0.29, 0.717) is 24.8 Å². The summed E-state index contributed by atoms with van der Waals surface area (Å²) in [5.74, 6) is 0.721. The minimum absolute atomic E-state index is 0.0759. The van der Waals surface area contributed by atoms with Gasteiger partial charge >= 0.3 is 6.36 Å². The molecule has 37 heavy (non-hydrogen) atoms. The number of hydrogen-bond acceptors (Lipinski definition) is 1. The van der Waals surface area contributed by atoms with E-state index in [2.05, 4.69) is 4.74 Å². The molecule has 0 bridgehead atoms. The van der Waals surface area contributed by atoms with Gasteiger partial charge in [-0.25, -0.2) is 8.78 Å². The third kappa shape index (κ3) is 6.38. The number of hydrogen-bond donors (Lipinski definition) is 0. The Bertz CT molecular complexity index is 1070. The van der Waals surface area contributed by atoms with E-state index in [1.807, 2.05) is 6.08 Å². The largest absolute Gasteiger partial charge is 0.573 e. The van der Waals surface area contributed by atoms with Crippen LogP contribution in [0.5, 0.6) is 5.75 Å². The number of benzene rings is 2. The predicted octanol–water partition coefficient (Wildman–Crippen LogP) is 10.1. The van der Waals surface area contributed by atoms with Gasteiger partial charge in [0.05, 0.1) is 0 Å². The van der Waals surface area contributed by atoms with Crippen molar-refractivity contribution < 1.29 is 26.7 Å². The van der Waals surface area contributed by atoms with Crippen molar-refractivity contribution in [2.24, 2.45) is 11.8 Å². The van der Waals surface area contributed by atoms with E-state index in [1.165, 1.54) is 44.2 Å². The van der Waals surface area contributed by atoms with Gasteiger partial charge in [0.2, 0.25) is 0 Å². The Kier molecular flexibility index (Phi) is 7.92. The highest BCUT2D eigenvalue weighted by molar-refractivity contribution is 5.68. The lowest BCUT2D eigenvalue weighted by atomic mass is 9.70. The van der Waals surface area contributed by atoms with Crippen LogP contribution in [0.1, 0.15) is 106 Å². The van der Waals surface area contributed by atoms with Crippen LogP contribution < -0.4 is 4.74 Å². The van der Waals surface area contributed by atoms with Crippen LogP contribution in [0.2, 0.25) is 0 Å². The number of halogens is 5. The zero-order chi connectivity index (χ0) is 26.0. The van der Waals surface area contributed by atoms with Crippen LogP contribution in [0, 0.1) is 23.5 Å². The normalized spacial score (nSPS) is 25.5. The van der Waals surface area contributed by atoms with Crippen LogP contribution in [0.25, 0.3) is 5.57 Å². The number of allylic oxidation sites excluding steroid dienone is 2. The lowest BCUT2D eigenvalue weighted by Crippen LogP contribution is -2.23. The molecule has 0 saturated heterocycles. The van der Waals surface area contributed by atoms with E-state index >= 15 is 8.78 Å². The molecule has 200 valence electrons. The summed E-state index contributed by atoms with van der Waals surface area (Å²) in [6.07, 6.45) is 10.0. The second-order valence-corrected chi connectivity index (χ2v) is 11.2. The van der Waals surface area contributed by atoms with Gasteiger partial charge in [-0.15, -0.1) is 13.2 Å². The maximum Gasteiger partial charge on any atom is 0.573 e. The lowest BCUT2D eigenvalue weighted by Gasteiger charge is -2.36. The van der Waals surface area contributed by atoms with E-state index < -0.39 is 18.0 Å². The molecule has 0 amide bonds. The Balaban J connectivity index is 1.22. The first-order valence-electron chi connectivity index (χ1n) is 13.8. The topological polar surface area (TPSA) is 9.23 Å². The standard InChI is InChI=1S/C31H35F5O/c32-28-18-26(24-8-6-21(7-9-24)20-4-2-1-3-5-20)19-29(33)30(28)25-12-10-22(11-13-25)23-14-16-27(17-15-23)37-31(34,35)36/h12,14-22,24H,1-11,13H2. The Morgan fingerprint density at radius 2 is 1.30 bits per heavy atom. The zero-order valence-corrected chi connectivity index (χ0v) is 21.1. The molecule has 1 atom stereocenters. The second-order valence-electron chi connectivity index (χ2n) is 11.2. The van der Waals surface area contributed by atoms with Crippen LogP contribution in [-0.4, -0.2) is 6.36 Å². The minimum atomic E-state index is -4.72. The molecule has 1 unspecified atom stereocenters. The van der Waals surface area contributed by atoms with Crippen LogP contribution >= 0.6 is 0 Å². The number of alkyl halides is 3. The van der Waals surface area contributed by atoms with Gasteiger partial charge < -0.3 is 4.74 Å². The third-order valence-corrected chi connectivity index (χ3v) is 8.94. The average molecular weight is 519 g/mol. The van der Waals surface area contributed by atoms with E-state index in [9.17, 15) is 13.2 Å². The third-order valence-electron chi connectivity index (χ3n) is 8.94. The quantitative estimate of drug-likeness (QED) is 0.358. The molecular weight excluding hydrogens is 483 g/mol. The van der Waals surface area contributed by atoms with Crippen LogP contribution in [0.4, 0.5) is 22.0 Å². The van der Waals surface area contributed by atoms with Crippen molar-refractivity contribution in [2.45, 2.75) is 95.2 Å². The smallest absolute Gasteiger partial charge is 0.406 e. The molecule has 0 heterocycles. The maximum absolute atomic E-state index is 15.2. The summed E-state index contributed by atoms with van der Waals surface area (Å²) in [6.45, 7) is 0. The molecule has 2 saturated carbocycles. The molecule has 0 N–H and O–H groups in total. The van der Waals surface area contributed by atoms with Crippen molar-refractivity contribution in [3.8, 4) is 5.75 Å². The van der Waals surface area contributed by atoms with Gasteiger partial charge in [0.15, 0.2) is 0 Å². The van der Waals surface area contributed by atoms with Crippen molar-refractivity contribution in [1.82, 2.24) is 0 Å². The van der Waals surface area contributed by atoms with E-state index in [4.69, 9.17) is 0 Å². The maximum atomic E-state index is 15.2. The molecule has 2 aromatic rings. The van der Waals surface area contributed by atoms with Gasteiger partial charge in [-0.05, 0) is 110 Å².